The summed E-state index contributed by atoms with van der Waals surface area (Å²) in [6.45, 7) is 0. The van der Waals surface area contributed by atoms with Crippen LogP contribution in [0.25, 0.3) is 99.8 Å². The van der Waals surface area contributed by atoms with Crippen LogP contribution in [0, 0.1) is 0 Å². The lowest BCUT2D eigenvalue weighted by Gasteiger charge is -2.14. The molecule has 0 saturated carbocycles. The van der Waals surface area contributed by atoms with Crippen LogP contribution in [0.15, 0.2) is 182 Å². The third-order valence-electron chi connectivity index (χ3n) is 9.86. The van der Waals surface area contributed by atoms with Crippen LogP contribution in [0.5, 0.6) is 0 Å². The zero-order valence-corrected chi connectivity index (χ0v) is 28.1. The van der Waals surface area contributed by atoms with E-state index in [0.717, 1.165) is 83.2 Å². The lowest BCUT2D eigenvalue weighted by Crippen LogP contribution is -1.96. The van der Waals surface area contributed by atoms with Gasteiger partial charge in [0.05, 0.1) is 33.8 Å². The topological polar surface area (TPSA) is 51.6 Å². The third kappa shape index (κ3) is 5.26. The van der Waals surface area contributed by atoms with Crippen LogP contribution in [-0.2, 0) is 0 Å². The second kappa shape index (κ2) is 12.4. The fraction of sp³-hybridized carbons (Fsp3) is 0. The molecular weight excluding hydrogens is 633 g/mol. The first-order valence-electron chi connectivity index (χ1n) is 17.5. The van der Waals surface area contributed by atoms with Gasteiger partial charge >= 0.3 is 0 Å². The van der Waals surface area contributed by atoms with E-state index < -0.39 is 0 Å². The van der Waals surface area contributed by atoms with Gasteiger partial charge < -0.3 is 0 Å². The van der Waals surface area contributed by atoms with E-state index in [0.29, 0.717) is 5.82 Å². The van der Waals surface area contributed by atoms with Crippen molar-refractivity contribution in [1.29, 1.82) is 0 Å². The standard InChI is InChI=1S/C48H30N4/c1-3-12-32(13-4-1)44-30-45(52-48(51-44)35-14-5-2-6-15-35)33-20-22-34(23-21-33)47-46-39(38-17-9-10-18-42(38)50-47)25-28-43-40(46)26-27-41(49-43)37-24-19-31-11-7-8-16-36(31)29-37/h1-30H. The molecule has 0 aliphatic rings. The van der Waals surface area contributed by atoms with E-state index in [1.165, 1.54) is 10.8 Å². The molecule has 3 aromatic heterocycles. The predicted octanol–water partition coefficient (Wildman–Crippen LogP) is 12.2. The molecule has 10 aromatic rings. The van der Waals surface area contributed by atoms with Gasteiger partial charge in [-0.15, -0.1) is 0 Å². The Balaban J connectivity index is 1.11. The lowest BCUT2D eigenvalue weighted by molar-refractivity contribution is 1.18. The number of para-hydroxylation sites is 1. The van der Waals surface area contributed by atoms with Crippen molar-refractivity contribution in [2.24, 2.45) is 0 Å². The molecule has 0 N–H and O–H groups in total. The first-order chi connectivity index (χ1) is 25.7. The maximum Gasteiger partial charge on any atom is 0.160 e. The van der Waals surface area contributed by atoms with Gasteiger partial charge in [-0.2, -0.15) is 0 Å². The van der Waals surface area contributed by atoms with E-state index in [1.807, 2.05) is 36.4 Å². The minimum atomic E-state index is 0.699. The Bertz CT molecular complexity index is 2880. The molecule has 4 heteroatoms. The first kappa shape index (κ1) is 29.8. The van der Waals surface area contributed by atoms with E-state index in [4.69, 9.17) is 19.9 Å². The molecule has 0 aliphatic carbocycles. The van der Waals surface area contributed by atoms with Crippen LogP contribution < -0.4 is 0 Å². The minimum Gasteiger partial charge on any atom is -0.248 e. The van der Waals surface area contributed by atoms with Crippen molar-refractivity contribution in [2.75, 3.05) is 0 Å². The molecule has 0 amide bonds. The zero-order valence-electron chi connectivity index (χ0n) is 28.1. The highest BCUT2D eigenvalue weighted by molar-refractivity contribution is 6.20. The molecule has 0 spiro atoms. The van der Waals surface area contributed by atoms with E-state index in [1.54, 1.807) is 0 Å². The smallest absolute Gasteiger partial charge is 0.160 e. The van der Waals surface area contributed by atoms with Gasteiger partial charge in [-0.05, 0) is 52.6 Å². The summed E-state index contributed by atoms with van der Waals surface area (Å²) in [5.74, 6) is 0.699. The van der Waals surface area contributed by atoms with E-state index >= 15 is 0 Å². The van der Waals surface area contributed by atoms with Crippen molar-refractivity contribution in [3.63, 3.8) is 0 Å². The van der Waals surface area contributed by atoms with Gasteiger partial charge in [-0.25, -0.2) is 19.9 Å². The van der Waals surface area contributed by atoms with Crippen molar-refractivity contribution >= 4 is 43.4 Å². The largest absolute Gasteiger partial charge is 0.248 e. The maximum absolute atomic E-state index is 5.30. The maximum atomic E-state index is 5.30. The molecule has 0 radical (unpaired) electrons. The summed E-state index contributed by atoms with van der Waals surface area (Å²) in [5, 5.41) is 6.89. The van der Waals surface area contributed by atoms with Crippen molar-refractivity contribution in [3.8, 4) is 56.4 Å². The number of nitrogens with zero attached hydrogens (tertiary/aromatic N) is 4. The molecule has 3 heterocycles. The fourth-order valence-electron chi connectivity index (χ4n) is 7.24. The Morgan fingerprint density at radius 1 is 0.288 bits per heavy atom. The van der Waals surface area contributed by atoms with Gasteiger partial charge in [0, 0.05) is 44.0 Å². The molecule has 0 fully saturated rings. The predicted molar refractivity (Wildman–Crippen MR) is 215 cm³/mol. The van der Waals surface area contributed by atoms with Gasteiger partial charge in [0.15, 0.2) is 5.82 Å². The second-order valence-corrected chi connectivity index (χ2v) is 13.1. The fourth-order valence-corrected chi connectivity index (χ4v) is 7.24. The number of hydrogen-bond donors (Lipinski definition) is 0. The first-order valence-corrected chi connectivity index (χ1v) is 17.5. The number of pyridine rings is 2. The summed E-state index contributed by atoms with van der Waals surface area (Å²) in [6.07, 6.45) is 0. The highest BCUT2D eigenvalue weighted by Gasteiger charge is 2.16. The molecule has 52 heavy (non-hydrogen) atoms. The molecule has 4 nitrogen and oxygen atoms in total. The highest BCUT2D eigenvalue weighted by atomic mass is 14.9. The molecule has 0 atom stereocenters. The average molecular weight is 663 g/mol. The molecular formula is C48H30N4. The van der Waals surface area contributed by atoms with Crippen LogP contribution in [0.4, 0.5) is 0 Å². The van der Waals surface area contributed by atoms with E-state index in [9.17, 15) is 0 Å². The summed E-state index contributed by atoms with van der Waals surface area (Å²) < 4.78 is 0. The zero-order chi connectivity index (χ0) is 34.4. The van der Waals surface area contributed by atoms with Gasteiger partial charge in [-0.1, -0.05) is 146 Å². The molecule has 0 aliphatic heterocycles. The molecule has 0 bridgehead atoms. The van der Waals surface area contributed by atoms with E-state index in [-0.39, 0.29) is 0 Å². The van der Waals surface area contributed by atoms with Crippen LogP contribution in [0.3, 0.4) is 0 Å². The number of aromatic nitrogens is 4. The SMILES string of the molecule is c1ccc(-c2cc(-c3ccc(-c4nc5ccccc5c5ccc6nc(-c7ccc8ccccc8c7)ccc6c45)cc3)nc(-c3ccccc3)n2)cc1. The number of fused-ring (bicyclic) bond motifs is 6. The Kier molecular flexibility index (Phi) is 7.10. The molecule has 242 valence electrons. The van der Waals surface area contributed by atoms with Crippen LogP contribution >= 0.6 is 0 Å². The van der Waals surface area contributed by atoms with Crippen LogP contribution in [0.2, 0.25) is 0 Å². The Hall–Kier alpha value is -7.04. The summed E-state index contributed by atoms with van der Waals surface area (Å²) in [4.78, 5) is 20.5. The van der Waals surface area contributed by atoms with E-state index in [2.05, 4.69) is 146 Å². The third-order valence-corrected chi connectivity index (χ3v) is 9.86. The quantitative estimate of drug-likeness (QED) is 0.172. The molecule has 10 rings (SSSR count). The highest BCUT2D eigenvalue weighted by Crippen LogP contribution is 2.38. The van der Waals surface area contributed by atoms with Gasteiger partial charge in [0.25, 0.3) is 0 Å². The summed E-state index contributed by atoms with van der Waals surface area (Å²) in [7, 11) is 0. The molecule has 0 saturated heterocycles. The van der Waals surface area contributed by atoms with Crippen molar-refractivity contribution < 1.29 is 0 Å². The van der Waals surface area contributed by atoms with Crippen LogP contribution in [0.1, 0.15) is 0 Å². The number of benzene rings is 7. The summed E-state index contributed by atoms with van der Waals surface area (Å²) in [6, 6.07) is 63.2. The summed E-state index contributed by atoms with van der Waals surface area (Å²) in [5.41, 5.74) is 10.7. The lowest BCUT2D eigenvalue weighted by atomic mass is 9.95. The molecule has 0 unspecified atom stereocenters. The van der Waals surface area contributed by atoms with Crippen molar-refractivity contribution in [2.45, 2.75) is 0 Å². The van der Waals surface area contributed by atoms with Crippen molar-refractivity contribution in [3.05, 3.63) is 182 Å². The monoisotopic (exact) mass is 662 g/mol. The van der Waals surface area contributed by atoms with Crippen LogP contribution in [-0.4, -0.2) is 19.9 Å². The van der Waals surface area contributed by atoms with Crippen molar-refractivity contribution in [1.82, 2.24) is 19.9 Å². The number of rotatable bonds is 5. The Morgan fingerprint density at radius 2 is 0.885 bits per heavy atom. The number of hydrogen-bond acceptors (Lipinski definition) is 4. The van der Waals surface area contributed by atoms with Gasteiger partial charge in [0.1, 0.15) is 0 Å². The summed E-state index contributed by atoms with van der Waals surface area (Å²) >= 11 is 0. The second-order valence-electron chi connectivity index (χ2n) is 13.1. The van der Waals surface area contributed by atoms with Gasteiger partial charge in [-0.3, -0.25) is 0 Å². The molecule has 7 aromatic carbocycles. The minimum absolute atomic E-state index is 0.699. The Labute approximate surface area is 300 Å². The normalized spacial score (nSPS) is 11.5. The van der Waals surface area contributed by atoms with Gasteiger partial charge in [0.2, 0.25) is 0 Å². The Morgan fingerprint density at radius 3 is 1.67 bits per heavy atom. The average Bonchev–Trinajstić information content (AvgIpc) is 3.23.